The molecular formula is C23H20N4O6S. The predicted octanol–water partition coefficient (Wildman–Crippen LogP) is 4.17. The average Bonchev–Trinajstić information content (AvgIpc) is 3.34. The van der Waals surface area contributed by atoms with E-state index in [0.29, 0.717) is 10.8 Å². The van der Waals surface area contributed by atoms with Crippen LogP contribution in [-0.2, 0) is 9.59 Å². The Morgan fingerprint density at radius 1 is 1.18 bits per heavy atom. The summed E-state index contributed by atoms with van der Waals surface area (Å²) >= 11 is 1.09. The van der Waals surface area contributed by atoms with Crippen LogP contribution in [0.25, 0.3) is 5.76 Å². The number of anilines is 1. The van der Waals surface area contributed by atoms with Gasteiger partial charge in [0, 0.05) is 17.7 Å². The number of hydrogen-bond donors (Lipinski definition) is 1. The van der Waals surface area contributed by atoms with Gasteiger partial charge >= 0.3 is 5.91 Å². The first-order valence-electron chi connectivity index (χ1n) is 10.3. The first-order valence-corrected chi connectivity index (χ1v) is 11.1. The highest BCUT2D eigenvalue weighted by Gasteiger charge is 2.48. The maximum Gasteiger partial charge on any atom is 0.301 e. The zero-order valence-corrected chi connectivity index (χ0v) is 19.3. The third kappa shape index (κ3) is 4.25. The van der Waals surface area contributed by atoms with E-state index in [9.17, 15) is 24.8 Å². The van der Waals surface area contributed by atoms with E-state index in [0.717, 1.165) is 16.2 Å². The summed E-state index contributed by atoms with van der Waals surface area (Å²) in [6.45, 7) is 5.45. The predicted molar refractivity (Wildman–Crippen MR) is 125 cm³/mol. The standard InChI is InChI=1S/C23H20N4O6S/c1-12(2)33-17-9-7-14(8-10-17)20(28)18-19(15-5-4-6-16(11-15)27(31)32)26(22(30)21(18)29)23-25-24-13(3)34-23/h4-12,19,28H,1-3H3/t19-/m0/s1. The van der Waals surface area contributed by atoms with Crippen molar-refractivity contribution in [2.75, 3.05) is 4.90 Å². The Kier molecular flexibility index (Phi) is 6.12. The zero-order valence-electron chi connectivity index (χ0n) is 18.5. The lowest BCUT2D eigenvalue weighted by atomic mass is 9.95. The lowest BCUT2D eigenvalue weighted by Crippen LogP contribution is -2.29. The Bertz CT molecular complexity index is 1320. The third-order valence-corrected chi connectivity index (χ3v) is 5.90. The van der Waals surface area contributed by atoms with Crippen LogP contribution in [0.1, 0.15) is 36.0 Å². The number of non-ortho nitro benzene ring substituents is 1. The highest BCUT2D eigenvalue weighted by atomic mass is 32.1. The van der Waals surface area contributed by atoms with Gasteiger partial charge < -0.3 is 9.84 Å². The van der Waals surface area contributed by atoms with Gasteiger partial charge in [0.05, 0.1) is 22.6 Å². The number of ether oxygens (including phenoxy) is 1. The summed E-state index contributed by atoms with van der Waals surface area (Å²) in [7, 11) is 0. The number of nitro groups is 1. The Morgan fingerprint density at radius 2 is 1.88 bits per heavy atom. The van der Waals surface area contributed by atoms with Gasteiger partial charge in [-0.25, -0.2) is 0 Å². The molecule has 10 nitrogen and oxygen atoms in total. The molecule has 0 spiro atoms. The minimum absolute atomic E-state index is 0.0472. The van der Waals surface area contributed by atoms with Gasteiger partial charge in [0.15, 0.2) is 0 Å². The summed E-state index contributed by atoms with van der Waals surface area (Å²) in [6, 6.07) is 10.9. The molecule has 1 fully saturated rings. The fourth-order valence-electron chi connectivity index (χ4n) is 3.66. The molecule has 34 heavy (non-hydrogen) atoms. The molecule has 2 aromatic carbocycles. The number of nitro benzene ring substituents is 1. The molecule has 0 unspecified atom stereocenters. The second-order valence-corrected chi connectivity index (χ2v) is 8.98. The first-order chi connectivity index (χ1) is 16.2. The number of aromatic nitrogens is 2. The SMILES string of the molecule is Cc1nnc(N2C(=O)C(=O)C(=C(O)c3ccc(OC(C)C)cc3)[C@@H]2c2cccc([N+](=O)[O-])c2)s1. The van der Waals surface area contributed by atoms with Crippen LogP contribution >= 0.6 is 11.3 Å². The van der Waals surface area contributed by atoms with Gasteiger partial charge in [0.1, 0.15) is 16.5 Å². The van der Waals surface area contributed by atoms with Crippen molar-refractivity contribution < 1.29 is 24.4 Å². The van der Waals surface area contributed by atoms with Gasteiger partial charge in [-0.15, -0.1) is 10.2 Å². The van der Waals surface area contributed by atoms with Gasteiger partial charge in [-0.1, -0.05) is 23.5 Å². The van der Waals surface area contributed by atoms with Crippen molar-refractivity contribution in [2.45, 2.75) is 32.9 Å². The second-order valence-electron chi connectivity index (χ2n) is 7.82. The molecule has 174 valence electrons. The van der Waals surface area contributed by atoms with Gasteiger partial charge in [-0.2, -0.15) is 0 Å². The molecule has 0 aliphatic carbocycles. The number of ketones is 1. The Hall–Kier alpha value is -4.12. The maximum atomic E-state index is 13.1. The smallest absolute Gasteiger partial charge is 0.301 e. The van der Waals surface area contributed by atoms with Crippen molar-refractivity contribution in [3.8, 4) is 5.75 Å². The van der Waals surface area contributed by atoms with Gasteiger partial charge in [-0.05, 0) is 50.6 Å². The summed E-state index contributed by atoms with van der Waals surface area (Å²) < 4.78 is 5.61. The molecule has 3 aromatic rings. The number of carbonyl (C=O) groups excluding carboxylic acids is 2. The van der Waals surface area contributed by atoms with Crippen LogP contribution in [0.2, 0.25) is 0 Å². The lowest BCUT2D eigenvalue weighted by molar-refractivity contribution is -0.384. The van der Waals surface area contributed by atoms with E-state index in [2.05, 4.69) is 10.2 Å². The van der Waals surface area contributed by atoms with Crippen LogP contribution in [0.15, 0.2) is 54.1 Å². The molecular weight excluding hydrogens is 460 g/mol. The Morgan fingerprint density at radius 3 is 2.47 bits per heavy atom. The van der Waals surface area contributed by atoms with Gasteiger partial charge in [0.25, 0.3) is 11.5 Å². The van der Waals surface area contributed by atoms with Crippen molar-refractivity contribution >= 4 is 39.6 Å². The van der Waals surface area contributed by atoms with E-state index in [4.69, 9.17) is 4.74 Å². The molecule has 0 bridgehead atoms. The van der Waals surface area contributed by atoms with E-state index < -0.39 is 28.4 Å². The van der Waals surface area contributed by atoms with Crippen LogP contribution in [0.4, 0.5) is 10.8 Å². The third-order valence-electron chi connectivity index (χ3n) is 5.06. The van der Waals surface area contributed by atoms with Crippen molar-refractivity contribution in [1.82, 2.24) is 10.2 Å². The highest BCUT2D eigenvalue weighted by Crippen LogP contribution is 2.43. The number of aliphatic hydroxyl groups excluding tert-OH is 1. The second kappa shape index (κ2) is 9.02. The molecule has 1 aliphatic rings. The molecule has 4 rings (SSSR count). The van der Waals surface area contributed by atoms with Crippen LogP contribution < -0.4 is 9.64 Å². The molecule has 1 aromatic heterocycles. The van der Waals surface area contributed by atoms with Crippen molar-refractivity contribution in [3.63, 3.8) is 0 Å². The summed E-state index contributed by atoms with van der Waals surface area (Å²) in [5.41, 5.74) is 0.156. The Balaban J connectivity index is 1.88. The quantitative estimate of drug-likeness (QED) is 0.183. The number of nitrogens with zero attached hydrogens (tertiary/aromatic N) is 4. The van der Waals surface area contributed by atoms with Crippen molar-refractivity contribution in [3.05, 3.63) is 80.4 Å². The summed E-state index contributed by atoms with van der Waals surface area (Å²) in [5, 5.41) is 31.1. The number of amides is 1. The van der Waals surface area contributed by atoms with E-state index >= 15 is 0 Å². The summed E-state index contributed by atoms with van der Waals surface area (Å²) in [5.74, 6) is -1.67. The highest BCUT2D eigenvalue weighted by molar-refractivity contribution is 7.15. The van der Waals surface area contributed by atoms with Crippen molar-refractivity contribution in [1.29, 1.82) is 0 Å². The fraction of sp³-hybridized carbons (Fsp3) is 0.217. The lowest BCUT2D eigenvalue weighted by Gasteiger charge is -2.22. The van der Waals surface area contributed by atoms with Gasteiger partial charge in [0.2, 0.25) is 5.13 Å². The normalized spacial score (nSPS) is 17.4. The average molecular weight is 481 g/mol. The number of rotatable bonds is 6. The number of Topliss-reactive ketones (excluding diaryl/α,β-unsaturated/α-hetero) is 1. The van der Waals surface area contributed by atoms with E-state index in [1.807, 2.05) is 13.8 Å². The minimum Gasteiger partial charge on any atom is -0.507 e. The minimum atomic E-state index is -1.13. The monoisotopic (exact) mass is 480 g/mol. The van der Waals surface area contributed by atoms with E-state index in [1.54, 1.807) is 37.3 Å². The molecule has 0 radical (unpaired) electrons. The molecule has 1 aliphatic heterocycles. The van der Waals surface area contributed by atoms with Crippen LogP contribution in [0.5, 0.6) is 5.75 Å². The summed E-state index contributed by atoms with van der Waals surface area (Å²) in [4.78, 5) is 38.1. The molecule has 11 heteroatoms. The zero-order chi connectivity index (χ0) is 24.6. The molecule has 1 amide bonds. The summed E-state index contributed by atoms with van der Waals surface area (Å²) in [6.07, 6.45) is -0.0472. The van der Waals surface area contributed by atoms with E-state index in [-0.39, 0.29) is 33.6 Å². The number of benzene rings is 2. The maximum absolute atomic E-state index is 13.1. The van der Waals surface area contributed by atoms with Crippen LogP contribution in [-0.4, -0.2) is 38.0 Å². The van der Waals surface area contributed by atoms with Gasteiger partial charge in [-0.3, -0.25) is 24.6 Å². The van der Waals surface area contributed by atoms with E-state index in [1.165, 1.54) is 18.2 Å². The molecule has 0 saturated carbocycles. The number of aryl methyl sites for hydroxylation is 1. The fourth-order valence-corrected chi connectivity index (χ4v) is 4.37. The van der Waals surface area contributed by atoms with Crippen LogP contribution in [0, 0.1) is 17.0 Å². The molecule has 1 N–H and O–H groups in total. The number of carbonyl (C=O) groups is 2. The first kappa shape index (κ1) is 23.1. The molecule has 1 atom stereocenters. The van der Waals surface area contributed by atoms with Crippen LogP contribution in [0.3, 0.4) is 0 Å². The van der Waals surface area contributed by atoms with Crippen molar-refractivity contribution in [2.24, 2.45) is 0 Å². The largest absolute Gasteiger partial charge is 0.507 e. The topological polar surface area (TPSA) is 136 Å². The number of hydrogen-bond acceptors (Lipinski definition) is 9. The molecule has 2 heterocycles. The Labute approximate surface area is 198 Å². The molecule has 1 saturated heterocycles. The number of aliphatic hydroxyl groups is 1.